The molecule has 1 heterocycles. The summed E-state index contributed by atoms with van der Waals surface area (Å²) in [6.45, 7) is 0. The number of hydrogen-bond donors (Lipinski definition) is 1. The van der Waals surface area contributed by atoms with Crippen LogP contribution in [0.25, 0.3) is 11.5 Å². The van der Waals surface area contributed by atoms with Gasteiger partial charge < -0.3 is 10.3 Å². The van der Waals surface area contributed by atoms with Gasteiger partial charge in [0.25, 0.3) is 5.89 Å². The maximum atomic E-state index is 6.13. The average molecular weight is 365 g/mol. The molecule has 3 aromatic rings. The molecule has 0 bridgehead atoms. The van der Waals surface area contributed by atoms with E-state index in [1.165, 1.54) is 0 Å². The zero-order chi connectivity index (χ0) is 14.8. The number of nitrogens with zero attached hydrogens (tertiary/aromatic N) is 2. The van der Waals surface area contributed by atoms with E-state index >= 15 is 0 Å². The van der Waals surface area contributed by atoms with Crippen LogP contribution in [0, 0.1) is 0 Å². The summed E-state index contributed by atoms with van der Waals surface area (Å²) < 4.78 is 6.09. The molecule has 4 nitrogen and oxygen atoms in total. The van der Waals surface area contributed by atoms with Gasteiger partial charge in [0, 0.05) is 15.9 Å². The summed E-state index contributed by atoms with van der Waals surface area (Å²) in [5.74, 6) is 0.966. The summed E-state index contributed by atoms with van der Waals surface area (Å²) in [5, 5.41) is 4.67. The summed E-state index contributed by atoms with van der Waals surface area (Å²) in [7, 11) is 0. The highest BCUT2D eigenvalue weighted by Crippen LogP contribution is 2.30. The van der Waals surface area contributed by atoms with Crippen molar-refractivity contribution in [2.45, 2.75) is 6.42 Å². The standard InChI is InChI=1S/C15H11BrClN3O/c16-11-6-3-5-10(14(11)18)15-19-13(20-21-15)8-9-4-1-2-7-12(9)17/h1-7H,8,18H2. The van der Waals surface area contributed by atoms with Gasteiger partial charge in [-0.25, -0.2) is 0 Å². The Morgan fingerprint density at radius 3 is 2.76 bits per heavy atom. The van der Waals surface area contributed by atoms with Gasteiger partial charge in [-0.3, -0.25) is 0 Å². The third-order valence-electron chi connectivity index (χ3n) is 3.06. The molecule has 0 fully saturated rings. The number of rotatable bonds is 3. The molecule has 3 rings (SSSR count). The van der Waals surface area contributed by atoms with Crippen molar-refractivity contribution in [3.8, 4) is 11.5 Å². The van der Waals surface area contributed by atoms with Crippen molar-refractivity contribution in [2.75, 3.05) is 5.73 Å². The fourth-order valence-electron chi connectivity index (χ4n) is 1.97. The molecular formula is C15H11BrClN3O. The second-order valence-electron chi connectivity index (χ2n) is 4.49. The molecule has 0 saturated heterocycles. The fraction of sp³-hybridized carbons (Fsp3) is 0.0667. The van der Waals surface area contributed by atoms with Crippen molar-refractivity contribution < 1.29 is 4.52 Å². The summed E-state index contributed by atoms with van der Waals surface area (Å²) in [5.41, 5.74) is 8.24. The molecule has 0 unspecified atom stereocenters. The van der Waals surface area contributed by atoms with Crippen LogP contribution in [-0.4, -0.2) is 10.1 Å². The molecular weight excluding hydrogens is 354 g/mol. The van der Waals surface area contributed by atoms with Gasteiger partial charge in [-0.1, -0.05) is 41.0 Å². The predicted molar refractivity (Wildman–Crippen MR) is 86.1 cm³/mol. The monoisotopic (exact) mass is 363 g/mol. The van der Waals surface area contributed by atoms with Crippen LogP contribution >= 0.6 is 27.5 Å². The number of benzene rings is 2. The third-order valence-corrected chi connectivity index (χ3v) is 4.12. The van der Waals surface area contributed by atoms with E-state index in [1.54, 1.807) is 0 Å². The molecule has 2 N–H and O–H groups in total. The Hall–Kier alpha value is -1.85. The number of nitrogen functional groups attached to an aromatic ring is 1. The van der Waals surface area contributed by atoms with Gasteiger partial charge in [-0.15, -0.1) is 0 Å². The Kier molecular flexibility index (Phi) is 3.94. The lowest BCUT2D eigenvalue weighted by molar-refractivity contribution is 0.424. The van der Waals surface area contributed by atoms with Crippen LogP contribution in [0.4, 0.5) is 5.69 Å². The Balaban J connectivity index is 1.90. The van der Waals surface area contributed by atoms with Crippen molar-refractivity contribution in [3.05, 3.63) is 63.3 Å². The first-order valence-corrected chi connectivity index (χ1v) is 7.42. The average Bonchev–Trinajstić information content (AvgIpc) is 2.93. The predicted octanol–water partition coefficient (Wildman–Crippen LogP) is 4.33. The van der Waals surface area contributed by atoms with E-state index in [-0.39, 0.29) is 0 Å². The molecule has 0 aliphatic heterocycles. The van der Waals surface area contributed by atoms with Crippen LogP contribution in [0.15, 0.2) is 51.5 Å². The van der Waals surface area contributed by atoms with Gasteiger partial charge in [0.1, 0.15) is 0 Å². The van der Waals surface area contributed by atoms with Gasteiger partial charge in [0.05, 0.1) is 11.3 Å². The second kappa shape index (κ2) is 5.87. The third kappa shape index (κ3) is 2.94. The Morgan fingerprint density at radius 2 is 1.95 bits per heavy atom. The van der Waals surface area contributed by atoms with Crippen molar-refractivity contribution >= 4 is 33.2 Å². The number of hydrogen-bond acceptors (Lipinski definition) is 4. The largest absolute Gasteiger partial charge is 0.397 e. The minimum atomic E-state index is 0.399. The molecule has 0 radical (unpaired) electrons. The molecule has 0 atom stereocenters. The van der Waals surface area contributed by atoms with Crippen molar-refractivity contribution in [2.24, 2.45) is 0 Å². The molecule has 0 saturated carbocycles. The maximum absolute atomic E-state index is 6.13. The summed E-state index contributed by atoms with van der Waals surface area (Å²) in [6, 6.07) is 13.2. The fourth-order valence-corrected chi connectivity index (χ4v) is 2.54. The molecule has 21 heavy (non-hydrogen) atoms. The SMILES string of the molecule is Nc1c(Br)cccc1-c1nc(Cc2ccccc2Cl)no1. The lowest BCUT2D eigenvalue weighted by atomic mass is 10.1. The van der Waals surface area contributed by atoms with Crippen molar-refractivity contribution in [3.63, 3.8) is 0 Å². The van der Waals surface area contributed by atoms with E-state index in [9.17, 15) is 0 Å². The number of nitrogens with two attached hydrogens (primary N) is 1. The second-order valence-corrected chi connectivity index (χ2v) is 5.75. The first kappa shape index (κ1) is 14.1. The molecule has 0 spiro atoms. The van der Waals surface area contributed by atoms with Crippen LogP contribution in [0.5, 0.6) is 0 Å². The lowest BCUT2D eigenvalue weighted by Gasteiger charge is -2.02. The Morgan fingerprint density at radius 1 is 1.14 bits per heavy atom. The van der Waals surface area contributed by atoms with E-state index in [0.29, 0.717) is 34.4 Å². The van der Waals surface area contributed by atoms with Crippen LogP contribution in [0.2, 0.25) is 5.02 Å². The highest BCUT2D eigenvalue weighted by molar-refractivity contribution is 9.10. The quantitative estimate of drug-likeness (QED) is 0.703. The summed E-state index contributed by atoms with van der Waals surface area (Å²) in [6.07, 6.45) is 0.511. The van der Waals surface area contributed by atoms with Crippen LogP contribution in [0.3, 0.4) is 0 Å². The number of para-hydroxylation sites is 1. The summed E-state index contributed by atoms with van der Waals surface area (Å²) in [4.78, 5) is 4.38. The van der Waals surface area contributed by atoms with E-state index in [4.69, 9.17) is 21.9 Å². The smallest absolute Gasteiger partial charge is 0.260 e. The highest BCUT2D eigenvalue weighted by Gasteiger charge is 2.14. The van der Waals surface area contributed by atoms with Gasteiger partial charge in [0.2, 0.25) is 0 Å². The van der Waals surface area contributed by atoms with E-state index in [1.807, 2.05) is 42.5 Å². The Bertz CT molecular complexity index is 788. The highest BCUT2D eigenvalue weighted by atomic mass is 79.9. The van der Waals surface area contributed by atoms with Crippen molar-refractivity contribution in [1.82, 2.24) is 10.1 Å². The van der Waals surface area contributed by atoms with Crippen LogP contribution in [0.1, 0.15) is 11.4 Å². The van der Waals surface area contributed by atoms with Gasteiger partial charge >= 0.3 is 0 Å². The minimum absolute atomic E-state index is 0.399. The maximum Gasteiger partial charge on any atom is 0.260 e. The molecule has 0 amide bonds. The zero-order valence-corrected chi connectivity index (χ0v) is 13.2. The van der Waals surface area contributed by atoms with Crippen molar-refractivity contribution in [1.29, 1.82) is 0 Å². The number of anilines is 1. The molecule has 0 aliphatic carbocycles. The molecule has 6 heteroatoms. The van der Waals surface area contributed by atoms with E-state index < -0.39 is 0 Å². The van der Waals surface area contributed by atoms with E-state index in [2.05, 4.69) is 26.1 Å². The minimum Gasteiger partial charge on any atom is -0.397 e. The Labute approximate surface area is 135 Å². The number of halogens is 2. The molecule has 2 aromatic carbocycles. The first-order valence-electron chi connectivity index (χ1n) is 6.25. The molecule has 1 aromatic heterocycles. The van der Waals surface area contributed by atoms with Crippen LogP contribution in [-0.2, 0) is 6.42 Å². The normalized spacial score (nSPS) is 10.8. The lowest BCUT2D eigenvalue weighted by Crippen LogP contribution is -1.93. The van der Waals surface area contributed by atoms with E-state index in [0.717, 1.165) is 10.0 Å². The van der Waals surface area contributed by atoms with Gasteiger partial charge in [-0.2, -0.15) is 4.98 Å². The summed E-state index contributed by atoms with van der Waals surface area (Å²) >= 11 is 9.51. The van der Waals surface area contributed by atoms with Gasteiger partial charge in [0.15, 0.2) is 5.82 Å². The van der Waals surface area contributed by atoms with Crippen LogP contribution < -0.4 is 5.73 Å². The topological polar surface area (TPSA) is 64.9 Å². The zero-order valence-electron chi connectivity index (χ0n) is 10.9. The molecule has 106 valence electrons. The first-order chi connectivity index (χ1) is 10.1. The number of aromatic nitrogens is 2. The van der Waals surface area contributed by atoms with Gasteiger partial charge in [-0.05, 0) is 39.7 Å². The molecule has 0 aliphatic rings.